The molecule has 0 spiro atoms. The normalized spacial score (nSPS) is 26.2. The lowest BCUT2D eigenvalue weighted by molar-refractivity contribution is -0.122. The lowest BCUT2D eigenvalue weighted by atomic mass is 10.1. The summed E-state index contributed by atoms with van der Waals surface area (Å²) in [5.74, 6) is 0.862. The molecular weight excluding hydrogens is 268 g/mol. The molecule has 0 bridgehead atoms. The van der Waals surface area contributed by atoms with Gasteiger partial charge in [-0.3, -0.25) is 4.79 Å². The van der Waals surface area contributed by atoms with Crippen LogP contribution in [0.25, 0.3) is 0 Å². The standard InChI is InChI=1S/C12H13ClN4O2/c13-12-14-5-8-10(15-12)16-3-4-19-6-9(16)11(18)17(8)7-1-2-7/h5,7,9H,1-4,6H2. The van der Waals surface area contributed by atoms with Gasteiger partial charge in [-0.15, -0.1) is 0 Å². The fourth-order valence-electron chi connectivity index (χ4n) is 2.78. The van der Waals surface area contributed by atoms with Gasteiger partial charge < -0.3 is 14.5 Å². The number of ether oxygens (including phenoxy) is 1. The van der Waals surface area contributed by atoms with Crippen molar-refractivity contribution in [3.05, 3.63) is 11.5 Å². The molecule has 1 saturated carbocycles. The average molecular weight is 281 g/mol. The zero-order valence-electron chi connectivity index (χ0n) is 10.3. The number of carbonyl (C=O) groups excluding carboxylic acids is 1. The number of hydrogen-bond donors (Lipinski definition) is 0. The van der Waals surface area contributed by atoms with E-state index in [-0.39, 0.29) is 17.2 Å². The van der Waals surface area contributed by atoms with Gasteiger partial charge in [-0.25, -0.2) is 4.98 Å². The third-order valence-electron chi connectivity index (χ3n) is 3.82. The number of aromatic nitrogens is 2. The van der Waals surface area contributed by atoms with Gasteiger partial charge in [0.25, 0.3) is 5.91 Å². The van der Waals surface area contributed by atoms with Crippen molar-refractivity contribution < 1.29 is 9.53 Å². The maximum atomic E-state index is 12.6. The maximum Gasteiger partial charge on any atom is 0.252 e. The van der Waals surface area contributed by atoms with Crippen molar-refractivity contribution in [3.63, 3.8) is 0 Å². The molecule has 0 aromatic carbocycles. The van der Waals surface area contributed by atoms with Gasteiger partial charge in [0.2, 0.25) is 5.28 Å². The predicted molar refractivity (Wildman–Crippen MR) is 69.5 cm³/mol. The maximum absolute atomic E-state index is 12.6. The molecule has 1 saturated heterocycles. The number of rotatable bonds is 1. The zero-order valence-corrected chi connectivity index (χ0v) is 11.0. The topological polar surface area (TPSA) is 58.6 Å². The van der Waals surface area contributed by atoms with Crippen molar-refractivity contribution in [2.45, 2.75) is 24.9 Å². The summed E-state index contributed by atoms with van der Waals surface area (Å²) in [5.41, 5.74) is 0.787. The Labute approximate surface area is 115 Å². The summed E-state index contributed by atoms with van der Waals surface area (Å²) < 4.78 is 5.44. The Morgan fingerprint density at radius 1 is 1.42 bits per heavy atom. The van der Waals surface area contributed by atoms with E-state index < -0.39 is 0 Å². The van der Waals surface area contributed by atoms with E-state index in [9.17, 15) is 4.79 Å². The molecule has 0 radical (unpaired) electrons. The Morgan fingerprint density at radius 3 is 3.05 bits per heavy atom. The molecule has 3 heterocycles. The first-order valence-electron chi connectivity index (χ1n) is 6.46. The molecule has 19 heavy (non-hydrogen) atoms. The van der Waals surface area contributed by atoms with Crippen molar-refractivity contribution in [2.75, 3.05) is 29.6 Å². The number of hydrogen-bond acceptors (Lipinski definition) is 5. The van der Waals surface area contributed by atoms with Crippen LogP contribution in [0.1, 0.15) is 12.8 Å². The van der Waals surface area contributed by atoms with Crippen LogP contribution in [-0.4, -0.2) is 47.7 Å². The van der Waals surface area contributed by atoms with Crippen LogP contribution in [0.2, 0.25) is 5.28 Å². The van der Waals surface area contributed by atoms with E-state index in [1.807, 2.05) is 9.80 Å². The average Bonchev–Trinajstić information content (AvgIpc) is 3.24. The molecule has 4 rings (SSSR count). The van der Waals surface area contributed by atoms with Gasteiger partial charge in [0.1, 0.15) is 11.7 Å². The van der Waals surface area contributed by atoms with Crippen molar-refractivity contribution in [3.8, 4) is 0 Å². The van der Waals surface area contributed by atoms with E-state index in [1.54, 1.807) is 6.20 Å². The number of halogens is 1. The highest BCUT2D eigenvalue weighted by atomic mass is 35.5. The molecule has 1 aliphatic carbocycles. The summed E-state index contributed by atoms with van der Waals surface area (Å²) in [6.45, 7) is 1.69. The largest absolute Gasteiger partial charge is 0.377 e. The number of carbonyl (C=O) groups is 1. The number of nitrogens with zero attached hydrogens (tertiary/aromatic N) is 4. The molecule has 2 fully saturated rings. The number of amides is 1. The van der Waals surface area contributed by atoms with E-state index in [4.69, 9.17) is 16.3 Å². The van der Waals surface area contributed by atoms with Crippen LogP contribution >= 0.6 is 11.6 Å². The molecule has 100 valence electrons. The first-order chi connectivity index (χ1) is 9.25. The second-order valence-electron chi connectivity index (χ2n) is 5.07. The van der Waals surface area contributed by atoms with Crippen LogP contribution < -0.4 is 9.80 Å². The molecule has 1 aromatic heterocycles. The molecule has 6 nitrogen and oxygen atoms in total. The number of morpholine rings is 1. The summed E-state index contributed by atoms with van der Waals surface area (Å²) in [7, 11) is 0. The van der Waals surface area contributed by atoms with Crippen LogP contribution in [0.3, 0.4) is 0 Å². The molecular formula is C12H13ClN4O2. The van der Waals surface area contributed by atoms with Gasteiger partial charge in [0.15, 0.2) is 5.82 Å². The van der Waals surface area contributed by atoms with E-state index in [1.165, 1.54) is 0 Å². The van der Waals surface area contributed by atoms with Crippen LogP contribution in [0, 0.1) is 0 Å². The first-order valence-corrected chi connectivity index (χ1v) is 6.83. The third kappa shape index (κ3) is 1.70. The SMILES string of the molecule is O=C1C2COCCN2c2nc(Cl)ncc2N1C1CC1. The van der Waals surface area contributed by atoms with Crippen LogP contribution in [0.5, 0.6) is 0 Å². The summed E-state index contributed by atoms with van der Waals surface area (Å²) in [6.07, 6.45) is 3.75. The van der Waals surface area contributed by atoms with Crippen LogP contribution in [-0.2, 0) is 9.53 Å². The first kappa shape index (κ1) is 11.4. The van der Waals surface area contributed by atoms with Gasteiger partial charge in [0.05, 0.1) is 19.4 Å². The Hall–Kier alpha value is -1.40. The van der Waals surface area contributed by atoms with Crippen molar-refractivity contribution >= 4 is 29.0 Å². The molecule has 7 heteroatoms. The van der Waals surface area contributed by atoms with Crippen molar-refractivity contribution in [2.24, 2.45) is 0 Å². The number of fused-ring (bicyclic) bond motifs is 3. The second-order valence-corrected chi connectivity index (χ2v) is 5.41. The molecule has 1 atom stereocenters. The summed E-state index contributed by atoms with van der Waals surface area (Å²) in [4.78, 5) is 24.8. The van der Waals surface area contributed by atoms with E-state index in [0.717, 1.165) is 24.3 Å². The lowest BCUT2D eigenvalue weighted by Gasteiger charge is -2.43. The Kier molecular flexibility index (Phi) is 2.43. The van der Waals surface area contributed by atoms with Crippen LogP contribution in [0.4, 0.5) is 11.5 Å². The van der Waals surface area contributed by atoms with E-state index in [2.05, 4.69) is 9.97 Å². The van der Waals surface area contributed by atoms with Gasteiger partial charge >= 0.3 is 0 Å². The van der Waals surface area contributed by atoms with E-state index in [0.29, 0.717) is 25.8 Å². The fraction of sp³-hybridized carbons (Fsp3) is 0.583. The smallest absolute Gasteiger partial charge is 0.252 e. The molecule has 1 amide bonds. The highest BCUT2D eigenvalue weighted by Gasteiger charge is 2.46. The highest BCUT2D eigenvalue weighted by molar-refractivity contribution is 6.28. The van der Waals surface area contributed by atoms with E-state index >= 15 is 0 Å². The third-order valence-corrected chi connectivity index (χ3v) is 4.00. The minimum Gasteiger partial charge on any atom is -0.377 e. The Morgan fingerprint density at radius 2 is 2.26 bits per heavy atom. The fourth-order valence-corrected chi connectivity index (χ4v) is 2.91. The minimum absolute atomic E-state index is 0.0978. The van der Waals surface area contributed by atoms with Gasteiger partial charge in [-0.2, -0.15) is 4.98 Å². The second kappa shape index (κ2) is 4.05. The molecule has 2 aliphatic heterocycles. The quantitative estimate of drug-likeness (QED) is 0.714. The molecule has 0 N–H and O–H groups in total. The lowest BCUT2D eigenvalue weighted by Crippen LogP contribution is -2.59. The monoisotopic (exact) mass is 280 g/mol. The van der Waals surface area contributed by atoms with Crippen LogP contribution in [0.15, 0.2) is 6.20 Å². The summed E-state index contributed by atoms with van der Waals surface area (Å²) in [6, 6.07) is 0.0212. The zero-order chi connectivity index (χ0) is 13.0. The molecule has 3 aliphatic rings. The van der Waals surface area contributed by atoms with Gasteiger partial charge in [-0.05, 0) is 24.4 Å². The molecule has 1 aromatic rings. The Bertz CT molecular complexity index is 549. The molecule has 1 unspecified atom stereocenters. The minimum atomic E-state index is -0.271. The van der Waals surface area contributed by atoms with Crippen molar-refractivity contribution in [1.82, 2.24) is 9.97 Å². The summed E-state index contributed by atoms with van der Waals surface area (Å²) in [5, 5.41) is 0.217. The summed E-state index contributed by atoms with van der Waals surface area (Å²) >= 11 is 5.90. The Balaban J connectivity index is 1.85. The van der Waals surface area contributed by atoms with Crippen molar-refractivity contribution in [1.29, 1.82) is 0 Å². The predicted octanol–water partition coefficient (Wildman–Crippen LogP) is 0.844. The van der Waals surface area contributed by atoms with Gasteiger partial charge in [-0.1, -0.05) is 0 Å². The number of anilines is 2. The van der Waals surface area contributed by atoms with Gasteiger partial charge in [0, 0.05) is 12.6 Å². The highest BCUT2D eigenvalue weighted by Crippen LogP contribution is 2.41.